The first kappa shape index (κ1) is 18.3. The van der Waals surface area contributed by atoms with E-state index in [0.717, 1.165) is 26.2 Å². The van der Waals surface area contributed by atoms with Crippen molar-refractivity contribution in [2.75, 3.05) is 51.7 Å². The fourth-order valence-electron chi connectivity index (χ4n) is 3.04. The lowest BCUT2D eigenvalue weighted by Crippen LogP contribution is -2.47. The van der Waals surface area contributed by atoms with E-state index < -0.39 is 11.8 Å². The van der Waals surface area contributed by atoms with Gasteiger partial charge in [0.2, 0.25) is 5.91 Å². The zero-order chi connectivity index (χ0) is 18.7. The summed E-state index contributed by atoms with van der Waals surface area (Å²) in [6.45, 7) is 5.54. The lowest BCUT2D eigenvalue weighted by Gasteiger charge is -2.31. The number of fused-ring (bicyclic) bond motifs is 1. The number of likely N-dealkylation sites (N-methyl/N-ethyl adjacent to an activating group) is 1. The molecule has 1 aliphatic heterocycles. The Bertz CT molecular complexity index is 812. The van der Waals surface area contributed by atoms with E-state index in [2.05, 4.69) is 20.1 Å². The van der Waals surface area contributed by atoms with E-state index in [1.54, 1.807) is 6.92 Å². The molecule has 2 N–H and O–H groups in total. The minimum absolute atomic E-state index is 0.124. The van der Waals surface area contributed by atoms with Crippen molar-refractivity contribution in [2.45, 2.75) is 6.92 Å². The number of halogens is 1. The number of benzene rings is 1. The summed E-state index contributed by atoms with van der Waals surface area (Å²) in [7, 11) is 2.05. The van der Waals surface area contributed by atoms with Gasteiger partial charge in [0, 0.05) is 37.1 Å². The molecule has 140 valence electrons. The zero-order valence-corrected chi connectivity index (χ0v) is 15.0. The van der Waals surface area contributed by atoms with E-state index in [9.17, 15) is 14.0 Å². The number of hydrogen-bond acceptors (Lipinski definition) is 5. The van der Waals surface area contributed by atoms with Crippen molar-refractivity contribution in [2.24, 2.45) is 0 Å². The first-order valence-corrected chi connectivity index (χ1v) is 8.67. The van der Waals surface area contributed by atoms with Crippen LogP contribution in [-0.2, 0) is 9.53 Å². The molecule has 1 amide bonds. The number of rotatable bonds is 5. The maximum atomic E-state index is 13.7. The maximum Gasteiger partial charge on any atom is 0.356 e. The van der Waals surface area contributed by atoms with Crippen molar-refractivity contribution in [1.82, 2.24) is 14.8 Å². The van der Waals surface area contributed by atoms with Gasteiger partial charge in [-0.3, -0.25) is 9.69 Å². The smallest absolute Gasteiger partial charge is 0.356 e. The average Bonchev–Trinajstić information content (AvgIpc) is 2.95. The largest absolute Gasteiger partial charge is 0.461 e. The molecule has 0 unspecified atom stereocenters. The molecule has 1 fully saturated rings. The Hall–Kier alpha value is -2.45. The molecule has 0 saturated carbocycles. The first-order valence-electron chi connectivity index (χ1n) is 8.67. The summed E-state index contributed by atoms with van der Waals surface area (Å²) in [4.78, 5) is 31.9. The van der Waals surface area contributed by atoms with Crippen molar-refractivity contribution in [3.05, 3.63) is 29.7 Å². The minimum Gasteiger partial charge on any atom is -0.461 e. The van der Waals surface area contributed by atoms with E-state index in [-0.39, 0.29) is 30.4 Å². The van der Waals surface area contributed by atoms with Crippen LogP contribution in [0.5, 0.6) is 0 Å². The quantitative estimate of drug-likeness (QED) is 0.791. The minimum atomic E-state index is -0.584. The predicted octanol–water partition coefficient (Wildman–Crippen LogP) is 1.67. The molecule has 1 aromatic heterocycles. The number of ether oxygens (including phenoxy) is 1. The number of amides is 1. The molecule has 0 aliphatic carbocycles. The molecule has 0 radical (unpaired) electrons. The predicted molar refractivity (Wildman–Crippen MR) is 96.8 cm³/mol. The summed E-state index contributed by atoms with van der Waals surface area (Å²) >= 11 is 0. The molecule has 1 aromatic carbocycles. The highest BCUT2D eigenvalue weighted by Gasteiger charge is 2.23. The van der Waals surface area contributed by atoms with E-state index in [1.807, 2.05) is 7.05 Å². The van der Waals surface area contributed by atoms with Crippen LogP contribution in [0.25, 0.3) is 10.9 Å². The molecular weight excluding hydrogens is 339 g/mol. The van der Waals surface area contributed by atoms with Gasteiger partial charge < -0.3 is 19.9 Å². The van der Waals surface area contributed by atoms with Crippen LogP contribution >= 0.6 is 0 Å². The van der Waals surface area contributed by atoms with Crippen LogP contribution in [0.3, 0.4) is 0 Å². The van der Waals surface area contributed by atoms with Crippen LogP contribution in [0.15, 0.2) is 18.2 Å². The van der Waals surface area contributed by atoms with Crippen molar-refractivity contribution < 1.29 is 18.7 Å². The van der Waals surface area contributed by atoms with Crippen LogP contribution in [0.1, 0.15) is 17.4 Å². The molecule has 0 bridgehead atoms. The van der Waals surface area contributed by atoms with Gasteiger partial charge in [-0.15, -0.1) is 0 Å². The lowest BCUT2D eigenvalue weighted by molar-refractivity contribution is -0.117. The summed E-state index contributed by atoms with van der Waals surface area (Å²) < 4.78 is 18.7. The Morgan fingerprint density at radius 2 is 2.00 bits per heavy atom. The van der Waals surface area contributed by atoms with Crippen LogP contribution < -0.4 is 5.32 Å². The average molecular weight is 362 g/mol. The number of aromatic nitrogens is 1. The standard InChI is InChI=1S/C18H23FN4O3/c1-3-26-18(25)17-16(13-10-12(19)4-5-14(13)20-17)21-15(24)11-23-8-6-22(2)7-9-23/h4-5,10,20H,3,6-9,11H2,1-2H3,(H,21,24). The first-order chi connectivity index (χ1) is 12.5. The summed E-state index contributed by atoms with van der Waals surface area (Å²) in [6, 6.07) is 4.12. The highest BCUT2D eigenvalue weighted by molar-refractivity contribution is 6.11. The fourth-order valence-corrected chi connectivity index (χ4v) is 3.04. The summed E-state index contributed by atoms with van der Waals surface area (Å²) in [5.41, 5.74) is 0.945. The van der Waals surface area contributed by atoms with Gasteiger partial charge in [-0.2, -0.15) is 0 Å². The fraction of sp³-hybridized carbons (Fsp3) is 0.444. The molecular formula is C18H23FN4O3. The number of nitrogens with one attached hydrogen (secondary N) is 2. The van der Waals surface area contributed by atoms with Crippen molar-refractivity contribution in [1.29, 1.82) is 0 Å². The maximum absolute atomic E-state index is 13.7. The van der Waals surface area contributed by atoms with Gasteiger partial charge in [-0.25, -0.2) is 9.18 Å². The molecule has 1 saturated heterocycles. The topological polar surface area (TPSA) is 77.7 Å². The Labute approximate surface area is 151 Å². The van der Waals surface area contributed by atoms with Gasteiger partial charge in [-0.05, 0) is 32.2 Å². The number of hydrogen-bond donors (Lipinski definition) is 2. The normalized spacial score (nSPS) is 16.0. The molecule has 0 atom stereocenters. The SMILES string of the molecule is CCOC(=O)c1[nH]c2ccc(F)cc2c1NC(=O)CN1CCN(C)CC1. The zero-order valence-electron chi connectivity index (χ0n) is 15.0. The van der Waals surface area contributed by atoms with Crippen molar-refractivity contribution >= 4 is 28.5 Å². The molecule has 8 heteroatoms. The third-order valence-electron chi connectivity index (χ3n) is 4.47. The van der Waals surface area contributed by atoms with E-state index >= 15 is 0 Å². The number of nitrogens with zero attached hydrogens (tertiary/aromatic N) is 2. The number of aromatic amines is 1. The molecule has 26 heavy (non-hydrogen) atoms. The summed E-state index contributed by atoms with van der Waals surface area (Å²) in [6.07, 6.45) is 0. The summed E-state index contributed by atoms with van der Waals surface area (Å²) in [5, 5.41) is 3.21. The second kappa shape index (κ2) is 7.84. The van der Waals surface area contributed by atoms with E-state index in [0.29, 0.717) is 10.9 Å². The van der Waals surface area contributed by atoms with E-state index in [4.69, 9.17) is 4.74 Å². The molecule has 2 aromatic rings. The van der Waals surface area contributed by atoms with Gasteiger partial charge in [0.05, 0.1) is 18.8 Å². The second-order valence-electron chi connectivity index (χ2n) is 6.41. The van der Waals surface area contributed by atoms with Gasteiger partial charge in [-0.1, -0.05) is 0 Å². The molecule has 7 nitrogen and oxygen atoms in total. The number of carbonyl (C=O) groups excluding carboxylic acids is 2. The second-order valence-corrected chi connectivity index (χ2v) is 6.41. The Kier molecular flexibility index (Phi) is 5.53. The number of esters is 1. The van der Waals surface area contributed by atoms with Crippen LogP contribution in [0.2, 0.25) is 0 Å². The van der Waals surface area contributed by atoms with Gasteiger partial charge in [0.25, 0.3) is 0 Å². The molecule has 2 heterocycles. The highest BCUT2D eigenvalue weighted by atomic mass is 19.1. The number of piperazine rings is 1. The van der Waals surface area contributed by atoms with Crippen molar-refractivity contribution in [3.63, 3.8) is 0 Å². The lowest BCUT2D eigenvalue weighted by atomic mass is 10.2. The number of anilines is 1. The Morgan fingerprint density at radius 1 is 1.27 bits per heavy atom. The van der Waals surface area contributed by atoms with E-state index in [1.165, 1.54) is 18.2 Å². The summed E-state index contributed by atoms with van der Waals surface area (Å²) in [5.74, 6) is -1.27. The van der Waals surface area contributed by atoms with Crippen LogP contribution in [0, 0.1) is 5.82 Å². The Balaban J connectivity index is 1.82. The third kappa shape index (κ3) is 4.03. The van der Waals surface area contributed by atoms with Crippen LogP contribution in [-0.4, -0.2) is 73.0 Å². The molecule has 0 spiro atoms. The Morgan fingerprint density at radius 3 is 2.69 bits per heavy atom. The van der Waals surface area contributed by atoms with Crippen molar-refractivity contribution in [3.8, 4) is 0 Å². The van der Waals surface area contributed by atoms with Gasteiger partial charge in [0.15, 0.2) is 0 Å². The number of H-pyrrole nitrogens is 1. The third-order valence-corrected chi connectivity index (χ3v) is 4.47. The van der Waals surface area contributed by atoms with Gasteiger partial charge >= 0.3 is 5.97 Å². The number of carbonyl (C=O) groups is 2. The molecule has 3 rings (SSSR count). The monoisotopic (exact) mass is 362 g/mol. The van der Waals surface area contributed by atoms with Crippen LogP contribution in [0.4, 0.5) is 10.1 Å². The molecule has 1 aliphatic rings. The van der Waals surface area contributed by atoms with Gasteiger partial charge in [0.1, 0.15) is 11.5 Å². The highest BCUT2D eigenvalue weighted by Crippen LogP contribution is 2.29.